The highest BCUT2D eigenvalue weighted by molar-refractivity contribution is 8.24. The van der Waals surface area contributed by atoms with Crippen molar-refractivity contribution in [1.82, 2.24) is 19.9 Å². The van der Waals surface area contributed by atoms with Gasteiger partial charge in [0.25, 0.3) is 0 Å². The van der Waals surface area contributed by atoms with E-state index in [4.69, 9.17) is 14.2 Å². The van der Waals surface area contributed by atoms with Crippen molar-refractivity contribution < 1.29 is 23.3 Å². The second kappa shape index (κ2) is 12.3. The summed E-state index contributed by atoms with van der Waals surface area (Å²) in [5, 5.41) is 13.0. The van der Waals surface area contributed by atoms with Crippen LogP contribution < -0.4 is 19.7 Å². The van der Waals surface area contributed by atoms with Gasteiger partial charge in [0.05, 0.1) is 37.6 Å². The van der Waals surface area contributed by atoms with E-state index in [-0.39, 0.29) is 6.10 Å². The quantitative estimate of drug-likeness (QED) is 0.347. The number of methoxy groups -OCH3 is 1. The lowest BCUT2D eigenvalue weighted by Crippen LogP contribution is -2.56. The molecule has 3 aliphatic heterocycles. The van der Waals surface area contributed by atoms with Gasteiger partial charge in [0.15, 0.2) is 5.82 Å². The smallest absolute Gasteiger partial charge is 0.230 e. The predicted octanol–water partition coefficient (Wildman–Crippen LogP) is 3.98. The van der Waals surface area contributed by atoms with Gasteiger partial charge in [-0.15, -0.1) is 0 Å². The molecule has 0 atom stereocenters. The fraction of sp³-hybridized carbons (Fsp3) is 0.448. The van der Waals surface area contributed by atoms with Gasteiger partial charge in [0.2, 0.25) is 5.95 Å². The molecule has 0 spiro atoms. The van der Waals surface area contributed by atoms with E-state index in [1.807, 2.05) is 12.1 Å². The lowest BCUT2D eigenvalue weighted by atomic mass is 10.1. The third-order valence-corrected chi connectivity index (χ3v) is 9.76. The molecular formula is C29H35N7O5S. The Labute approximate surface area is 246 Å². The molecule has 0 aliphatic carbocycles. The number of ether oxygens (including phenoxy) is 3. The Kier molecular flexibility index (Phi) is 8.32. The molecule has 3 aromatic rings. The highest BCUT2D eigenvalue weighted by Crippen LogP contribution is 2.44. The van der Waals surface area contributed by atoms with Gasteiger partial charge in [0, 0.05) is 67.8 Å². The maximum absolute atomic E-state index is 9.86. The number of rotatable bonds is 8. The van der Waals surface area contributed by atoms with E-state index >= 15 is 0 Å². The van der Waals surface area contributed by atoms with Crippen LogP contribution in [0.3, 0.4) is 0 Å². The molecule has 222 valence electrons. The van der Waals surface area contributed by atoms with Crippen LogP contribution in [0.15, 0.2) is 42.7 Å². The largest absolute Gasteiger partial charge is 0.495 e. The van der Waals surface area contributed by atoms with E-state index in [1.54, 1.807) is 25.3 Å². The number of piperazine rings is 1. The molecular weight excluding hydrogens is 558 g/mol. The molecule has 2 aromatic carbocycles. The van der Waals surface area contributed by atoms with E-state index in [9.17, 15) is 14.4 Å². The monoisotopic (exact) mass is 593 g/mol. The van der Waals surface area contributed by atoms with Crippen molar-refractivity contribution in [3.05, 3.63) is 48.3 Å². The zero-order valence-electron chi connectivity index (χ0n) is 23.5. The molecule has 13 heteroatoms. The minimum atomic E-state index is -2.50. The number of aromatic nitrogens is 3. The molecule has 0 saturated carbocycles. The topological polar surface area (TPSA) is 149 Å². The first-order valence-corrected chi connectivity index (χ1v) is 15.9. The molecule has 0 unspecified atom stereocenters. The maximum atomic E-state index is 9.86. The van der Waals surface area contributed by atoms with Gasteiger partial charge in [-0.3, -0.25) is 14.0 Å². The van der Waals surface area contributed by atoms with E-state index in [0.717, 1.165) is 56.5 Å². The first-order valence-electron chi connectivity index (χ1n) is 14.1. The molecule has 3 aliphatic rings. The number of nitrogens with one attached hydrogen (secondary N) is 1. The Morgan fingerprint density at radius 3 is 2.50 bits per heavy atom. The molecule has 0 bridgehead atoms. The van der Waals surface area contributed by atoms with Crippen LogP contribution in [0.4, 0.5) is 17.3 Å². The molecule has 1 aromatic heterocycles. The van der Waals surface area contributed by atoms with Gasteiger partial charge < -0.3 is 24.4 Å². The lowest BCUT2D eigenvalue weighted by molar-refractivity contribution is -0.0660. The summed E-state index contributed by atoms with van der Waals surface area (Å²) < 4.78 is 36.8. The summed E-state index contributed by atoms with van der Waals surface area (Å²) in [6.07, 6.45) is 2.35. The van der Waals surface area contributed by atoms with Crippen molar-refractivity contribution in [2.45, 2.75) is 25.0 Å². The lowest BCUT2D eigenvalue weighted by Gasteiger charge is -2.43. The van der Waals surface area contributed by atoms with Crippen molar-refractivity contribution in [3.63, 3.8) is 0 Å². The molecule has 3 saturated heterocycles. The van der Waals surface area contributed by atoms with Gasteiger partial charge in [0.1, 0.15) is 30.0 Å². The summed E-state index contributed by atoms with van der Waals surface area (Å²) in [5.41, 5.74) is 2.85. The molecule has 42 heavy (non-hydrogen) atoms. The van der Waals surface area contributed by atoms with Gasteiger partial charge in [-0.1, -0.05) is 0 Å². The van der Waals surface area contributed by atoms with Crippen LogP contribution in [0.2, 0.25) is 0 Å². The Bertz CT molecular complexity index is 1450. The third kappa shape index (κ3) is 6.38. The SMILES string of the molecule is COc1cc(Nc2ncnc(-c3ccc(OC4CCS(O)(O)CC4)c(C#N)c3)n2)ccc1N1CCN(C2COC2)CC1. The zero-order chi connectivity index (χ0) is 29.1. The average molecular weight is 594 g/mol. The highest BCUT2D eigenvalue weighted by Gasteiger charge is 2.30. The van der Waals surface area contributed by atoms with E-state index in [1.165, 1.54) is 6.33 Å². The van der Waals surface area contributed by atoms with Crippen molar-refractivity contribution >= 4 is 27.9 Å². The second-order valence-corrected chi connectivity index (χ2v) is 13.1. The summed E-state index contributed by atoms with van der Waals surface area (Å²) in [6.45, 7) is 5.53. The van der Waals surface area contributed by atoms with Crippen LogP contribution in [-0.2, 0) is 4.74 Å². The van der Waals surface area contributed by atoms with E-state index in [2.05, 4.69) is 42.2 Å². The normalized spacial score (nSPS) is 20.3. The first kappa shape index (κ1) is 28.4. The Hall–Kier alpha value is -3.67. The van der Waals surface area contributed by atoms with Crippen LogP contribution in [-0.4, -0.2) is 99.1 Å². The molecule has 12 nitrogen and oxygen atoms in total. The maximum Gasteiger partial charge on any atom is 0.230 e. The fourth-order valence-electron chi connectivity index (χ4n) is 5.45. The van der Waals surface area contributed by atoms with Gasteiger partial charge in [-0.25, -0.2) is 9.97 Å². The van der Waals surface area contributed by atoms with Crippen molar-refractivity contribution in [3.8, 4) is 29.0 Å². The van der Waals surface area contributed by atoms with Gasteiger partial charge >= 0.3 is 0 Å². The van der Waals surface area contributed by atoms with Crippen LogP contribution in [0, 0.1) is 11.3 Å². The van der Waals surface area contributed by atoms with Gasteiger partial charge in [-0.05, 0) is 30.3 Å². The van der Waals surface area contributed by atoms with E-state index in [0.29, 0.717) is 59.0 Å². The predicted molar refractivity (Wildman–Crippen MR) is 161 cm³/mol. The molecule has 4 heterocycles. The summed E-state index contributed by atoms with van der Waals surface area (Å²) in [6, 6.07) is 14.0. The van der Waals surface area contributed by atoms with Crippen LogP contribution in [0.25, 0.3) is 11.4 Å². The summed E-state index contributed by atoms with van der Waals surface area (Å²) >= 11 is 0. The van der Waals surface area contributed by atoms with Crippen LogP contribution >= 0.6 is 10.6 Å². The first-order chi connectivity index (χ1) is 20.4. The summed E-state index contributed by atoms with van der Waals surface area (Å²) in [4.78, 5) is 18.0. The van der Waals surface area contributed by atoms with Crippen molar-refractivity contribution in [2.24, 2.45) is 0 Å². The number of nitrogens with zero attached hydrogens (tertiary/aromatic N) is 6. The minimum Gasteiger partial charge on any atom is -0.495 e. The molecule has 0 amide bonds. The minimum absolute atomic E-state index is 0.161. The Morgan fingerprint density at radius 2 is 1.81 bits per heavy atom. The third-order valence-electron chi connectivity index (χ3n) is 7.98. The Morgan fingerprint density at radius 1 is 1.02 bits per heavy atom. The number of anilines is 3. The fourth-order valence-corrected chi connectivity index (χ4v) is 6.93. The van der Waals surface area contributed by atoms with Crippen molar-refractivity contribution in [1.29, 1.82) is 5.26 Å². The van der Waals surface area contributed by atoms with Crippen molar-refractivity contribution in [2.75, 3.05) is 68.2 Å². The van der Waals surface area contributed by atoms with E-state index < -0.39 is 10.6 Å². The Balaban J connectivity index is 1.13. The summed E-state index contributed by atoms with van der Waals surface area (Å²) in [5.74, 6) is 2.65. The average Bonchev–Trinajstić information content (AvgIpc) is 2.98. The molecule has 3 fully saturated rings. The number of benzene rings is 2. The molecule has 3 N–H and O–H groups in total. The van der Waals surface area contributed by atoms with Crippen LogP contribution in [0.1, 0.15) is 18.4 Å². The summed E-state index contributed by atoms with van der Waals surface area (Å²) in [7, 11) is -0.822. The molecule has 0 radical (unpaired) electrons. The molecule has 6 rings (SSSR count). The van der Waals surface area contributed by atoms with Crippen LogP contribution in [0.5, 0.6) is 11.5 Å². The number of nitriles is 1. The number of hydrogen-bond acceptors (Lipinski definition) is 12. The standard InChI is InChI=1S/C29H35N7O5S/c1-39-27-15-22(3-4-25(27)36-10-8-35(9-11-36)23-17-40-18-23)33-29-32-19-31-28(34-29)20-2-5-26(21(14-20)16-30)41-24-6-12-42(37,38)13-7-24/h2-5,14-15,19,23-24,37-38H,6-13,17-18H2,1H3,(H,31,32,33,34). The van der Waals surface area contributed by atoms with Gasteiger partial charge in [-0.2, -0.15) is 20.8 Å². The second-order valence-electron chi connectivity index (χ2n) is 10.7. The number of hydrogen-bond donors (Lipinski definition) is 3. The highest BCUT2D eigenvalue weighted by atomic mass is 32.3. The zero-order valence-corrected chi connectivity index (χ0v) is 24.3.